The Morgan fingerprint density at radius 3 is 2.72 bits per heavy atom. The number of aryl methyl sites for hydroxylation is 2. The minimum Gasteiger partial charge on any atom is -0.393 e. The van der Waals surface area contributed by atoms with Gasteiger partial charge >= 0.3 is 0 Å². The second-order valence-electron chi connectivity index (χ2n) is 8.86. The number of hydrogen-bond acceptors (Lipinski definition) is 4. The summed E-state index contributed by atoms with van der Waals surface area (Å²) in [7, 11) is 0. The normalized spacial score (nSPS) is 26.3. The zero-order valence-electron chi connectivity index (χ0n) is 17.2. The molecule has 2 aromatic rings. The number of carbonyl (C=O) groups is 1. The van der Waals surface area contributed by atoms with E-state index in [-0.39, 0.29) is 17.8 Å². The van der Waals surface area contributed by atoms with E-state index in [1.54, 1.807) is 0 Å². The van der Waals surface area contributed by atoms with Crippen LogP contribution in [0.15, 0.2) is 24.4 Å². The summed E-state index contributed by atoms with van der Waals surface area (Å²) in [6, 6.07) is 5.89. The summed E-state index contributed by atoms with van der Waals surface area (Å²) in [5.41, 5.74) is 4.20. The maximum Gasteiger partial charge on any atom is 0.184 e. The van der Waals surface area contributed by atoms with Crippen LogP contribution in [0.4, 0.5) is 0 Å². The predicted molar refractivity (Wildman–Crippen MR) is 114 cm³/mol. The van der Waals surface area contributed by atoms with Gasteiger partial charge < -0.3 is 5.11 Å². The Kier molecular flexibility index (Phi) is 6.03. The van der Waals surface area contributed by atoms with E-state index in [9.17, 15) is 9.90 Å². The SMILES string of the molecule is Cc1ccc(Cc2cc(C(=O)C3CC3C[C@H]3CCCC[C@@H]3O)nc(C)c2Cl)cn1. The van der Waals surface area contributed by atoms with Crippen LogP contribution in [-0.2, 0) is 6.42 Å². The van der Waals surface area contributed by atoms with Crippen molar-refractivity contribution in [3.63, 3.8) is 0 Å². The van der Waals surface area contributed by atoms with Crippen LogP contribution < -0.4 is 0 Å². The summed E-state index contributed by atoms with van der Waals surface area (Å²) >= 11 is 6.50. The molecular weight excluding hydrogens is 384 g/mol. The van der Waals surface area contributed by atoms with Gasteiger partial charge in [0.15, 0.2) is 5.78 Å². The van der Waals surface area contributed by atoms with Crippen LogP contribution in [-0.4, -0.2) is 27.0 Å². The van der Waals surface area contributed by atoms with Crippen molar-refractivity contribution in [3.05, 3.63) is 57.6 Å². The van der Waals surface area contributed by atoms with Gasteiger partial charge in [0.25, 0.3) is 0 Å². The molecule has 4 rings (SSSR count). The lowest BCUT2D eigenvalue weighted by Gasteiger charge is -2.27. The molecule has 2 unspecified atom stereocenters. The molecule has 2 aliphatic rings. The number of aliphatic hydroxyl groups is 1. The first-order chi connectivity index (χ1) is 13.9. The van der Waals surface area contributed by atoms with Gasteiger partial charge in [0, 0.05) is 24.2 Å². The molecule has 0 radical (unpaired) electrons. The lowest BCUT2D eigenvalue weighted by Crippen LogP contribution is -2.25. The first-order valence-electron chi connectivity index (χ1n) is 10.7. The highest BCUT2D eigenvalue weighted by Gasteiger charge is 2.45. The molecule has 4 atom stereocenters. The zero-order valence-corrected chi connectivity index (χ0v) is 18.0. The van der Waals surface area contributed by atoms with Crippen LogP contribution in [0, 0.1) is 31.6 Å². The Morgan fingerprint density at radius 1 is 1.21 bits per heavy atom. The predicted octanol–water partition coefficient (Wildman–Crippen LogP) is 5.10. The molecule has 2 fully saturated rings. The van der Waals surface area contributed by atoms with Gasteiger partial charge in [0.1, 0.15) is 5.69 Å². The number of pyridine rings is 2. The topological polar surface area (TPSA) is 63.1 Å². The molecule has 0 bridgehead atoms. The number of halogens is 1. The van der Waals surface area contributed by atoms with Gasteiger partial charge in [-0.1, -0.05) is 30.5 Å². The molecule has 0 saturated heterocycles. The zero-order chi connectivity index (χ0) is 20.5. The van der Waals surface area contributed by atoms with Crippen molar-refractivity contribution >= 4 is 17.4 Å². The number of hydrogen-bond donors (Lipinski definition) is 1. The fourth-order valence-corrected chi connectivity index (χ4v) is 4.84. The van der Waals surface area contributed by atoms with E-state index >= 15 is 0 Å². The van der Waals surface area contributed by atoms with E-state index in [1.807, 2.05) is 38.2 Å². The smallest absolute Gasteiger partial charge is 0.184 e. The third-order valence-corrected chi connectivity index (χ3v) is 7.07. The van der Waals surface area contributed by atoms with Crippen molar-refractivity contribution in [3.8, 4) is 0 Å². The van der Waals surface area contributed by atoms with Crippen LogP contribution in [0.3, 0.4) is 0 Å². The highest BCUT2D eigenvalue weighted by atomic mass is 35.5. The Balaban J connectivity index is 1.46. The summed E-state index contributed by atoms with van der Waals surface area (Å²) in [5.74, 6) is 0.924. The van der Waals surface area contributed by atoms with Gasteiger partial charge in [-0.15, -0.1) is 0 Å². The average Bonchev–Trinajstić information content (AvgIpc) is 3.47. The quantitative estimate of drug-likeness (QED) is 0.670. The van der Waals surface area contributed by atoms with E-state index in [0.717, 1.165) is 48.9 Å². The minimum absolute atomic E-state index is 0.0473. The van der Waals surface area contributed by atoms with Crippen LogP contribution >= 0.6 is 11.6 Å². The summed E-state index contributed by atoms with van der Waals surface area (Å²) < 4.78 is 0. The van der Waals surface area contributed by atoms with Crippen molar-refractivity contribution in [1.29, 1.82) is 0 Å². The van der Waals surface area contributed by atoms with Crippen LogP contribution in [0.5, 0.6) is 0 Å². The summed E-state index contributed by atoms with van der Waals surface area (Å²) in [4.78, 5) is 21.9. The fourth-order valence-electron chi connectivity index (χ4n) is 4.67. The second-order valence-corrected chi connectivity index (χ2v) is 9.24. The van der Waals surface area contributed by atoms with E-state index in [0.29, 0.717) is 34.7 Å². The van der Waals surface area contributed by atoms with Gasteiger partial charge in [-0.2, -0.15) is 0 Å². The number of nitrogens with zero attached hydrogens (tertiary/aromatic N) is 2. The van der Waals surface area contributed by atoms with Gasteiger partial charge in [-0.25, -0.2) is 4.98 Å². The molecular formula is C24H29ClN2O2. The Hall–Kier alpha value is -1.78. The third-order valence-electron chi connectivity index (χ3n) is 6.55. The first-order valence-corrected chi connectivity index (χ1v) is 11.1. The Bertz CT molecular complexity index is 896. The highest BCUT2D eigenvalue weighted by Crippen LogP contribution is 2.47. The number of aromatic nitrogens is 2. The summed E-state index contributed by atoms with van der Waals surface area (Å²) in [6.07, 6.45) is 8.50. The molecule has 2 saturated carbocycles. The molecule has 1 N–H and O–H groups in total. The Labute approximate surface area is 177 Å². The maximum absolute atomic E-state index is 13.1. The van der Waals surface area contributed by atoms with Crippen molar-refractivity contribution in [2.24, 2.45) is 17.8 Å². The Morgan fingerprint density at radius 2 is 2.00 bits per heavy atom. The second kappa shape index (κ2) is 8.53. The van der Waals surface area contributed by atoms with Crippen LogP contribution in [0.25, 0.3) is 0 Å². The largest absolute Gasteiger partial charge is 0.393 e. The lowest BCUT2D eigenvalue weighted by atomic mass is 9.83. The third kappa shape index (κ3) is 4.70. The molecule has 0 aromatic carbocycles. The fraction of sp³-hybridized carbons (Fsp3) is 0.542. The lowest BCUT2D eigenvalue weighted by molar-refractivity contribution is 0.0609. The molecule has 2 heterocycles. The van der Waals surface area contributed by atoms with E-state index in [4.69, 9.17) is 11.6 Å². The molecule has 0 aliphatic heterocycles. The highest BCUT2D eigenvalue weighted by molar-refractivity contribution is 6.32. The van der Waals surface area contributed by atoms with Crippen LogP contribution in [0.2, 0.25) is 5.02 Å². The molecule has 4 nitrogen and oxygen atoms in total. The van der Waals surface area contributed by atoms with Gasteiger partial charge in [-0.3, -0.25) is 9.78 Å². The van der Waals surface area contributed by atoms with Crippen molar-refractivity contribution < 1.29 is 9.90 Å². The van der Waals surface area contributed by atoms with E-state index < -0.39 is 0 Å². The summed E-state index contributed by atoms with van der Waals surface area (Å²) in [5, 5.41) is 10.9. The van der Waals surface area contributed by atoms with Gasteiger partial charge in [-0.05, 0) is 74.6 Å². The molecule has 2 aliphatic carbocycles. The number of ketones is 1. The summed E-state index contributed by atoms with van der Waals surface area (Å²) in [6.45, 7) is 3.82. The number of Topliss-reactive ketones (excluding diaryl/α,β-unsaturated/α-hetero) is 1. The monoisotopic (exact) mass is 412 g/mol. The average molecular weight is 413 g/mol. The van der Waals surface area contributed by atoms with Gasteiger partial charge in [0.2, 0.25) is 0 Å². The van der Waals surface area contributed by atoms with Crippen LogP contribution in [0.1, 0.15) is 71.5 Å². The number of aliphatic hydroxyl groups excluding tert-OH is 1. The van der Waals surface area contributed by atoms with Gasteiger partial charge in [0.05, 0.1) is 16.8 Å². The molecule has 29 heavy (non-hydrogen) atoms. The molecule has 5 heteroatoms. The number of rotatable bonds is 6. The molecule has 154 valence electrons. The maximum atomic E-state index is 13.1. The van der Waals surface area contributed by atoms with Crippen molar-refractivity contribution in [2.75, 3.05) is 0 Å². The van der Waals surface area contributed by atoms with Crippen molar-refractivity contribution in [1.82, 2.24) is 9.97 Å². The first kappa shape index (κ1) is 20.5. The molecule has 0 spiro atoms. The van der Waals surface area contributed by atoms with E-state index in [1.165, 1.54) is 6.42 Å². The van der Waals surface area contributed by atoms with Crippen molar-refractivity contribution in [2.45, 2.75) is 64.9 Å². The van der Waals surface area contributed by atoms with E-state index in [2.05, 4.69) is 9.97 Å². The standard InChI is InChI=1S/C24H29ClN2O2/c1-14-7-8-16(13-26-14)9-19-12-21(27-15(2)23(19)25)24(29)20-11-18(20)10-17-5-3-4-6-22(17)28/h7-8,12-13,17-18,20,22,28H,3-6,9-11H2,1-2H3/t17-,18?,20?,22+/m1/s1. The number of carbonyl (C=O) groups excluding carboxylic acids is 1. The molecule has 0 amide bonds. The molecule has 2 aromatic heterocycles. The minimum atomic E-state index is -0.189.